The molecular formula is C25H23F3N6O2S. The number of carbonyl (C=O) groups excluding carboxylic acids is 2. The van der Waals surface area contributed by atoms with Gasteiger partial charge < -0.3 is 15.5 Å². The molecule has 2 aliphatic rings. The summed E-state index contributed by atoms with van der Waals surface area (Å²) in [6.07, 6.45) is -1.32. The molecule has 2 aliphatic heterocycles. The molecule has 0 spiro atoms. The number of halogens is 3. The van der Waals surface area contributed by atoms with Gasteiger partial charge in [-0.3, -0.25) is 14.3 Å². The summed E-state index contributed by atoms with van der Waals surface area (Å²) in [6.45, 7) is 3.31. The predicted molar refractivity (Wildman–Crippen MR) is 136 cm³/mol. The molecule has 0 unspecified atom stereocenters. The highest BCUT2D eigenvalue weighted by Crippen LogP contribution is 2.34. The fraction of sp³-hybridized carbons (Fsp3) is 0.280. The number of benzene rings is 2. The number of thioether (sulfide) groups is 1. The number of piperazine rings is 1. The number of amidine groups is 1. The van der Waals surface area contributed by atoms with Crippen molar-refractivity contribution < 1.29 is 22.8 Å². The Morgan fingerprint density at radius 1 is 1.14 bits per heavy atom. The molecule has 0 atom stereocenters. The van der Waals surface area contributed by atoms with Gasteiger partial charge in [-0.25, -0.2) is 0 Å². The molecule has 8 nitrogen and oxygen atoms in total. The standard InChI is InChI=1S/C25H23F3N6O2S/c1-32-6-8-33(9-7-32)24-31-23(36)21(37-24)11-15-2-5-20-18(10-15)13-30-34(20)14-17-4-3-16(22(29)35)12-19(17)25(26,27)28/h2-5,10-13H,6-9,14H2,1H3,(H2,29,35)/b21-11-. The summed E-state index contributed by atoms with van der Waals surface area (Å²) >= 11 is 1.35. The van der Waals surface area contributed by atoms with Crippen LogP contribution in [0.1, 0.15) is 27.0 Å². The summed E-state index contributed by atoms with van der Waals surface area (Å²) in [4.78, 5) is 32.9. The summed E-state index contributed by atoms with van der Waals surface area (Å²) in [5.74, 6) is -1.21. The molecule has 1 saturated heterocycles. The first-order valence-electron chi connectivity index (χ1n) is 11.5. The van der Waals surface area contributed by atoms with Crippen molar-refractivity contribution in [3.05, 3.63) is 69.8 Å². The fourth-order valence-corrected chi connectivity index (χ4v) is 5.26. The number of aromatic nitrogens is 2. The van der Waals surface area contributed by atoms with Gasteiger partial charge in [0, 0.05) is 37.1 Å². The molecule has 2 N–H and O–H groups in total. The molecule has 12 heteroatoms. The van der Waals surface area contributed by atoms with E-state index in [9.17, 15) is 22.8 Å². The number of hydrogen-bond donors (Lipinski definition) is 1. The fourth-order valence-electron chi connectivity index (χ4n) is 4.30. The van der Waals surface area contributed by atoms with Crippen LogP contribution in [0.2, 0.25) is 0 Å². The Morgan fingerprint density at radius 3 is 2.59 bits per heavy atom. The zero-order valence-electron chi connectivity index (χ0n) is 19.8. The third-order valence-electron chi connectivity index (χ3n) is 6.37. The van der Waals surface area contributed by atoms with Crippen molar-refractivity contribution in [1.82, 2.24) is 19.6 Å². The number of amides is 2. The lowest BCUT2D eigenvalue weighted by Gasteiger charge is -2.32. The van der Waals surface area contributed by atoms with E-state index in [2.05, 4.69) is 26.9 Å². The van der Waals surface area contributed by atoms with Crippen LogP contribution in [-0.4, -0.2) is 69.8 Å². The van der Waals surface area contributed by atoms with Gasteiger partial charge in [0.05, 0.1) is 28.7 Å². The predicted octanol–water partition coefficient (Wildman–Crippen LogP) is 3.42. The molecule has 37 heavy (non-hydrogen) atoms. The molecule has 1 fully saturated rings. The topological polar surface area (TPSA) is 96.8 Å². The van der Waals surface area contributed by atoms with Crippen LogP contribution in [0.4, 0.5) is 13.2 Å². The quantitative estimate of drug-likeness (QED) is 0.522. The van der Waals surface area contributed by atoms with Gasteiger partial charge in [-0.1, -0.05) is 12.1 Å². The molecule has 0 saturated carbocycles. The molecule has 0 bridgehead atoms. The van der Waals surface area contributed by atoms with Crippen molar-refractivity contribution in [2.75, 3.05) is 33.2 Å². The van der Waals surface area contributed by atoms with E-state index in [-0.39, 0.29) is 23.6 Å². The van der Waals surface area contributed by atoms with Crippen LogP contribution in [0.15, 0.2) is 52.5 Å². The lowest BCUT2D eigenvalue weighted by Crippen LogP contribution is -2.46. The van der Waals surface area contributed by atoms with Gasteiger partial charge in [-0.15, -0.1) is 0 Å². The van der Waals surface area contributed by atoms with E-state index in [1.807, 2.05) is 6.07 Å². The highest BCUT2D eigenvalue weighted by molar-refractivity contribution is 8.18. The van der Waals surface area contributed by atoms with Crippen LogP contribution >= 0.6 is 11.8 Å². The molecule has 1 aromatic heterocycles. The van der Waals surface area contributed by atoms with Gasteiger partial charge in [0.2, 0.25) is 5.91 Å². The van der Waals surface area contributed by atoms with Crippen LogP contribution in [0.25, 0.3) is 17.0 Å². The number of nitrogens with zero attached hydrogens (tertiary/aromatic N) is 5. The Balaban J connectivity index is 1.36. The van der Waals surface area contributed by atoms with Gasteiger partial charge in [0.15, 0.2) is 5.17 Å². The third kappa shape index (κ3) is 5.25. The third-order valence-corrected chi connectivity index (χ3v) is 7.41. The van der Waals surface area contributed by atoms with Crippen molar-refractivity contribution in [1.29, 1.82) is 0 Å². The number of hydrogen-bond acceptors (Lipinski definition) is 6. The number of carbonyl (C=O) groups is 2. The number of rotatable bonds is 4. The highest BCUT2D eigenvalue weighted by Gasteiger charge is 2.34. The maximum Gasteiger partial charge on any atom is 0.416 e. The Labute approximate surface area is 214 Å². The summed E-state index contributed by atoms with van der Waals surface area (Å²) in [7, 11) is 2.06. The van der Waals surface area contributed by atoms with E-state index in [1.54, 1.807) is 24.4 Å². The maximum absolute atomic E-state index is 13.6. The summed E-state index contributed by atoms with van der Waals surface area (Å²) < 4.78 is 42.4. The first-order valence-corrected chi connectivity index (χ1v) is 12.3. The van der Waals surface area contributed by atoms with Gasteiger partial charge in [0.25, 0.3) is 5.91 Å². The number of fused-ring (bicyclic) bond motifs is 1. The zero-order valence-corrected chi connectivity index (χ0v) is 20.6. The first kappa shape index (κ1) is 25.0. The molecule has 0 aliphatic carbocycles. The van der Waals surface area contributed by atoms with Crippen LogP contribution < -0.4 is 5.73 Å². The van der Waals surface area contributed by atoms with Gasteiger partial charge >= 0.3 is 6.18 Å². The van der Waals surface area contributed by atoms with Crippen LogP contribution in [0.5, 0.6) is 0 Å². The molecule has 192 valence electrons. The van der Waals surface area contributed by atoms with Gasteiger partial charge in [-0.2, -0.15) is 23.3 Å². The van der Waals surface area contributed by atoms with E-state index in [0.717, 1.165) is 37.8 Å². The number of nitrogens with two attached hydrogens (primary N) is 1. The molecule has 2 aromatic carbocycles. The molecule has 5 rings (SSSR count). The van der Waals surface area contributed by atoms with E-state index in [4.69, 9.17) is 5.73 Å². The van der Waals surface area contributed by atoms with E-state index in [0.29, 0.717) is 21.0 Å². The average Bonchev–Trinajstić information content (AvgIpc) is 3.42. The van der Waals surface area contributed by atoms with Crippen molar-refractivity contribution in [3.8, 4) is 0 Å². The number of primary amides is 1. The summed E-state index contributed by atoms with van der Waals surface area (Å²) in [5.41, 5.74) is 5.38. The molecule has 3 heterocycles. The minimum absolute atomic E-state index is 0.0322. The lowest BCUT2D eigenvalue weighted by molar-refractivity contribution is -0.138. The second kappa shape index (κ2) is 9.67. The number of aliphatic imine (C=N–C) groups is 1. The van der Waals surface area contributed by atoms with E-state index in [1.165, 1.54) is 28.6 Å². The second-order valence-electron chi connectivity index (χ2n) is 8.95. The highest BCUT2D eigenvalue weighted by atomic mass is 32.2. The number of alkyl halides is 3. The normalized spacial score (nSPS) is 18.2. The Hall–Kier alpha value is -3.64. The van der Waals surface area contributed by atoms with Gasteiger partial charge in [-0.05, 0) is 60.3 Å². The lowest BCUT2D eigenvalue weighted by atomic mass is 10.0. The van der Waals surface area contributed by atoms with Crippen molar-refractivity contribution in [3.63, 3.8) is 0 Å². The molecule has 3 aromatic rings. The minimum Gasteiger partial charge on any atom is -0.366 e. The van der Waals surface area contributed by atoms with Crippen LogP contribution in [-0.2, 0) is 17.5 Å². The minimum atomic E-state index is -4.65. The van der Waals surface area contributed by atoms with Crippen molar-refractivity contribution >= 4 is 45.7 Å². The summed E-state index contributed by atoms with van der Waals surface area (Å²) in [6, 6.07) is 8.66. The van der Waals surface area contributed by atoms with E-state index < -0.39 is 17.6 Å². The molecule has 0 radical (unpaired) electrons. The van der Waals surface area contributed by atoms with Crippen LogP contribution in [0, 0.1) is 0 Å². The van der Waals surface area contributed by atoms with E-state index >= 15 is 0 Å². The Bertz CT molecular complexity index is 1450. The maximum atomic E-state index is 13.6. The molecule has 2 amide bonds. The van der Waals surface area contributed by atoms with Crippen molar-refractivity contribution in [2.45, 2.75) is 12.7 Å². The second-order valence-corrected chi connectivity index (χ2v) is 9.96. The zero-order chi connectivity index (χ0) is 26.3. The number of likely N-dealkylation sites (N-methyl/N-ethyl adjacent to an activating group) is 1. The Morgan fingerprint density at radius 2 is 1.89 bits per heavy atom. The Kier molecular flexibility index (Phi) is 6.54. The first-order chi connectivity index (χ1) is 17.6. The van der Waals surface area contributed by atoms with Crippen LogP contribution in [0.3, 0.4) is 0 Å². The largest absolute Gasteiger partial charge is 0.416 e. The smallest absolute Gasteiger partial charge is 0.366 e. The molecular weight excluding hydrogens is 505 g/mol. The van der Waals surface area contributed by atoms with Crippen molar-refractivity contribution in [2.24, 2.45) is 10.7 Å². The average molecular weight is 529 g/mol. The van der Waals surface area contributed by atoms with Gasteiger partial charge in [0.1, 0.15) is 0 Å². The summed E-state index contributed by atoms with van der Waals surface area (Å²) in [5, 5.41) is 5.69. The SMILES string of the molecule is CN1CCN(C2=NC(=O)/C(=C/c3ccc4c(cnn4Cc4ccc(C(N)=O)cc4C(F)(F)F)c3)S2)CC1. The monoisotopic (exact) mass is 528 g/mol.